The van der Waals surface area contributed by atoms with Gasteiger partial charge in [0.2, 0.25) is 5.60 Å². The lowest BCUT2D eigenvalue weighted by molar-refractivity contribution is -0.348. The summed E-state index contributed by atoms with van der Waals surface area (Å²) in [6.07, 6.45) is -6.28. The minimum absolute atomic E-state index is 0. The van der Waals surface area contributed by atoms with Crippen molar-refractivity contribution in [3.63, 3.8) is 0 Å². The quantitative estimate of drug-likeness (QED) is 0.739. The number of imidazole rings is 1. The maximum Gasteiger partial charge on any atom is 0.456 e. The van der Waals surface area contributed by atoms with E-state index in [1.807, 2.05) is 4.98 Å². The summed E-state index contributed by atoms with van der Waals surface area (Å²) in [5.41, 5.74) is -4.00. The average molecular weight is 311 g/mol. The van der Waals surface area contributed by atoms with Gasteiger partial charge in [-0.3, -0.25) is 4.79 Å². The fourth-order valence-electron chi connectivity index (χ4n) is 1.29. The Kier molecular flexibility index (Phi) is 4.90. The second-order valence-electron chi connectivity index (χ2n) is 3.44. The van der Waals surface area contributed by atoms with Gasteiger partial charge in [0, 0.05) is 12.4 Å². The van der Waals surface area contributed by atoms with Gasteiger partial charge in [-0.25, -0.2) is 4.98 Å². The molecule has 0 radical (unpaired) electrons. The Bertz CT molecular complexity index is 436. The topological polar surface area (TPSA) is 86.2 Å². The molecule has 0 aliphatic rings. The van der Waals surface area contributed by atoms with Crippen LogP contribution in [0, 0.1) is 0 Å². The number of halogens is 6. The number of carboxylic acids is 1. The smallest absolute Gasteiger partial charge is 0.456 e. The molecular formula is C8H8ClF5N2O3. The molecule has 5 nitrogen and oxygen atoms in total. The van der Waals surface area contributed by atoms with Crippen molar-refractivity contribution in [3.8, 4) is 0 Å². The number of aliphatic carboxylic acids is 1. The Hall–Kier alpha value is -1.42. The van der Waals surface area contributed by atoms with Gasteiger partial charge in [0.25, 0.3) is 0 Å². The molecule has 0 fully saturated rings. The van der Waals surface area contributed by atoms with E-state index in [-0.39, 0.29) is 12.4 Å². The monoisotopic (exact) mass is 310 g/mol. The van der Waals surface area contributed by atoms with Crippen molar-refractivity contribution in [2.75, 3.05) is 0 Å². The summed E-state index contributed by atoms with van der Waals surface area (Å²) in [7, 11) is 0. The highest BCUT2D eigenvalue weighted by Crippen LogP contribution is 2.49. The van der Waals surface area contributed by atoms with Crippen LogP contribution < -0.4 is 0 Å². The fraction of sp³-hybridized carbons (Fsp3) is 0.500. The van der Waals surface area contributed by atoms with Crippen molar-refractivity contribution in [1.82, 2.24) is 9.97 Å². The number of nitrogens with one attached hydrogen (secondary N) is 1. The van der Waals surface area contributed by atoms with E-state index in [0.29, 0.717) is 0 Å². The van der Waals surface area contributed by atoms with Gasteiger partial charge in [-0.05, 0) is 0 Å². The minimum atomic E-state index is -6.12. The number of aromatic amines is 1. The van der Waals surface area contributed by atoms with Crippen LogP contribution in [0.5, 0.6) is 0 Å². The molecule has 1 rings (SSSR count). The first-order valence-corrected chi connectivity index (χ1v) is 4.41. The summed E-state index contributed by atoms with van der Waals surface area (Å²) in [5.74, 6) is -8.87. The zero-order chi connectivity index (χ0) is 14.2. The largest absolute Gasteiger partial charge is 0.481 e. The summed E-state index contributed by atoms with van der Waals surface area (Å²) in [6.45, 7) is 0. The van der Waals surface area contributed by atoms with Gasteiger partial charge in [-0.2, -0.15) is 22.0 Å². The number of carboxylic acid groups (broad SMARTS) is 1. The first-order chi connectivity index (χ1) is 8.02. The average Bonchev–Trinajstić information content (AvgIpc) is 2.66. The van der Waals surface area contributed by atoms with E-state index >= 15 is 0 Å². The Balaban J connectivity index is 0.00000324. The van der Waals surface area contributed by atoms with E-state index in [4.69, 9.17) is 5.11 Å². The van der Waals surface area contributed by atoms with Gasteiger partial charge >= 0.3 is 18.1 Å². The van der Waals surface area contributed by atoms with Crippen molar-refractivity contribution >= 4 is 18.4 Å². The zero-order valence-corrected chi connectivity index (χ0v) is 9.73. The highest BCUT2D eigenvalue weighted by Gasteiger charge is 2.72. The molecule has 0 bridgehead atoms. The first kappa shape index (κ1) is 17.6. The molecular weight excluding hydrogens is 303 g/mol. The third-order valence-corrected chi connectivity index (χ3v) is 2.17. The van der Waals surface area contributed by atoms with E-state index < -0.39 is 35.9 Å². The molecule has 1 atom stereocenters. The van der Waals surface area contributed by atoms with Crippen molar-refractivity contribution < 1.29 is 37.0 Å². The Morgan fingerprint density at radius 2 is 1.84 bits per heavy atom. The standard InChI is InChI=1S/C8H7F5N2O3.ClH/c9-7(10,8(11,12)13)6(18,3-4(16)17)5-14-1-2-15-5;/h1-2,18H,3H2,(H,14,15)(H,16,17);1H. The second kappa shape index (κ2) is 5.29. The molecule has 0 amide bonds. The minimum Gasteiger partial charge on any atom is -0.481 e. The molecule has 0 spiro atoms. The zero-order valence-electron chi connectivity index (χ0n) is 8.91. The summed E-state index contributed by atoms with van der Waals surface area (Å²) in [6, 6.07) is 0. The second-order valence-corrected chi connectivity index (χ2v) is 3.44. The molecule has 3 N–H and O–H groups in total. The van der Waals surface area contributed by atoms with Crippen LogP contribution in [0.15, 0.2) is 12.4 Å². The lowest BCUT2D eigenvalue weighted by Crippen LogP contribution is -2.56. The number of alkyl halides is 5. The number of hydrogen-bond acceptors (Lipinski definition) is 3. The molecule has 0 saturated carbocycles. The van der Waals surface area contributed by atoms with E-state index in [0.717, 1.165) is 12.4 Å². The van der Waals surface area contributed by atoms with Crippen LogP contribution >= 0.6 is 12.4 Å². The highest BCUT2D eigenvalue weighted by atomic mass is 35.5. The number of aliphatic hydroxyl groups is 1. The molecule has 0 aliphatic heterocycles. The molecule has 1 aromatic heterocycles. The van der Waals surface area contributed by atoms with Crippen LogP contribution in [0.3, 0.4) is 0 Å². The summed E-state index contributed by atoms with van der Waals surface area (Å²) in [5, 5.41) is 17.8. The maximum absolute atomic E-state index is 13.2. The molecule has 0 saturated heterocycles. The Morgan fingerprint density at radius 1 is 1.32 bits per heavy atom. The van der Waals surface area contributed by atoms with Crippen LogP contribution in [0.25, 0.3) is 0 Å². The molecule has 19 heavy (non-hydrogen) atoms. The van der Waals surface area contributed by atoms with Crippen molar-refractivity contribution in [2.45, 2.75) is 24.1 Å². The van der Waals surface area contributed by atoms with Crippen LogP contribution in [0.1, 0.15) is 12.2 Å². The van der Waals surface area contributed by atoms with Crippen LogP contribution in [0.2, 0.25) is 0 Å². The van der Waals surface area contributed by atoms with Gasteiger partial charge in [0.05, 0.1) is 6.42 Å². The fourth-order valence-corrected chi connectivity index (χ4v) is 1.29. The maximum atomic E-state index is 13.2. The molecule has 0 aromatic carbocycles. The molecule has 1 aromatic rings. The van der Waals surface area contributed by atoms with Gasteiger partial charge in [0.1, 0.15) is 5.82 Å². The van der Waals surface area contributed by atoms with E-state index in [1.165, 1.54) is 0 Å². The third-order valence-electron chi connectivity index (χ3n) is 2.17. The normalized spacial score (nSPS) is 15.5. The molecule has 11 heteroatoms. The number of nitrogens with zero attached hydrogens (tertiary/aromatic N) is 1. The third kappa shape index (κ3) is 2.95. The van der Waals surface area contributed by atoms with Gasteiger partial charge in [-0.1, -0.05) is 0 Å². The predicted octanol–water partition coefficient (Wildman–Crippen LogP) is 1.69. The summed E-state index contributed by atoms with van der Waals surface area (Å²) < 4.78 is 63.1. The van der Waals surface area contributed by atoms with Gasteiger partial charge in [0.15, 0.2) is 0 Å². The summed E-state index contributed by atoms with van der Waals surface area (Å²) >= 11 is 0. The highest BCUT2D eigenvalue weighted by molar-refractivity contribution is 5.85. The van der Waals surface area contributed by atoms with Crippen molar-refractivity contribution in [1.29, 1.82) is 0 Å². The molecule has 1 unspecified atom stereocenters. The number of rotatable bonds is 4. The van der Waals surface area contributed by atoms with Crippen LogP contribution in [0.4, 0.5) is 22.0 Å². The molecule has 110 valence electrons. The van der Waals surface area contributed by atoms with Crippen molar-refractivity contribution in [2.24, 2.45) is 0 Å². The SMILES string of the molecule is Cl.O=C(O)CC(O)(c1ncc[nH]1)C(F)(F)C(F)(F)F. The number of hydrogen-bond donors (Lipinski definition) is 3. The Morgan fingerprint density at radius 3 is 2.16 bits per heavy atom. The first-order valence-electron chi connectivity index (χ1n) is 4.41. The molecule has 1 heterocycles. The Labute approximate surface area is 108 Å². The lowest BCUT2D eigenvalue weighted by Gasteiger charge is -2.34. The number of aromatic nitrogens is 2. The van der Waals surface area contributed by atoms with Crippen LogP contribution in [-0.2, 0) is 10.4 Å². The number of carbonyl (C=O) groups is 1. The number of H-pyrrole nitrogens is 1. The van der Waals surface area contributed by atoms with Crippen molar-refractivity contribution in [3.05, 3.63) is 18.2 Å². The van der Waals surface area contributed by atoms with E-state index in [9.17, 15) is 31.9 Å². The van der Waals surface area contributed by atoms with Gasteiger partial charge < -0.3 is 15.2 Å². The molecule has 0 aliphatic carbocycles. The van der Waals surface area contributed by atoms with E-state index in [1.54, 1.807) is 0 Å². The predicted molar refractivity (Wildman–Crippen MR) is 53.0 cm³/mol. The summed E-state index contributed by atoms with van der Waals surface area (Å²) in [4.78, 5) is 15.3. The van der Waals surface area contributed by atoms with Gasteiger partial charge in [-0.15, -0.1) is 12.4 Å². The van der Waals surface area contributed by atoms with Crippen LogP contribution in [-0.4, -0.2) is 38.2 Å². The lowest BCUT2D eigenvalue weighted by atomic mass is 9.90. The van der Waals surface area contributed by atoms with E-state index in [2.05, 4.69) is 4.98 Å².